The highest BCUT2D eigenvalue weighted by atomic mass is 16.3. The van der Waals surface area contributed by atoms with E-state index in [9.17, 15) is 5.11 Å². The van der Waals surface area contributed by atoms with Crippen molar-refractivity contribution in [3.05, 3.63) is 29.8 Å². The van der Waals surface area contributed by atoms with Gasteiger partial charge in [0.05, 0.1) is 6.10 Å². The quantitative estimate of drug-likeness (QED) is 0.862. The zero-order chi connectivity index (χ0) is 13.0. The number of aryl methyl sites for hydroxylation is 1. The molecule has 0 bridgehead atoms. The van der Waals surface area contributed by atoms with Crippen molar-refractivity contribution in [2.75, 3.05) is 18.0 Å². The van der Waals surface area contributed by atoms with Crippen LogP contribution in [0.5, 0.6) is 0 Å². The largest absolute Gasteiger partial charge is 0.391 e. The molecule has 0 heterocycles. The van der Waals surface area contributed by atoms with Gasteiger partial charge in [-0.25, -0.2) is 0 Å². The maximum Gasteiger partial charge on any atom is 0.0743 e. The summed E-state index contributed by atoms with van der Waals surface area (Å²) in [7, 11) is 0. The minimum atomic E-state index is -0.173. The Morgan fingerprint density at radius 3 is 2.67 bits per heavy atom. The van der Waals surface area contributed by atoms with Crippen molar-refractivity contribution in [3.8, 4) is 0 Å². The molecule has 0 aliphatic heterocycles. The SMILES string of the molecule is CCN(CC(O)C1CCCC1)c1cccc(C)c1. The van der Waals surface area contributed by atoms with Crippen LogP contribution < -0.4 is 4.90 Å². The predicted octanol–water partition coefficient (Wildman–Crippen LogP) is 3.37. The molecule has 1 unspecified atom stereocenters. The topological polar surface area (TPSA) is 23.5 Å². The second-order valence-corrected chi connectivity index (χ2v) is 5.49. The molecule has 0 radical (unpaired) electrons. The zero-order valence-electron chi connectivity index (χ0n) is 11.6. The van der Waals surface area contributed by atoms with Crippen LogP contribution in [0.4, 0.5) is 5.69 Å². The van der Waals surface area contributed by atoms with Gasteiger partial charge in [-0.15, -0.1) is 0 Å². The fourth-order valence-corrected chi connectivity index (χ4v) is 2.96. The Balaban J connectivity index is 2.00. The van der Waals surface area contributed by atoms with E-state index in [1.807, 2.05) is 0 Å². The Kier molecular flexibility index (Phi) is 4.65. The molecule has 1 aliphatic carbocycles. The first kappa shape index (κ1) is 13.4. The molecule has 1 atom stereocenters. The Bertz CT molecular complexity index is 371. The number of rotatable bonds is 5. The lowest BCUT2D eigenvalue weighted by atomic mass is 10.0. The second kappa shape index (κ2) is 6.24. The van der Waals surface area contributed by atoms with Gasteiger partial charge in [0.25, 0.3) is 0 Å². The molecule has 2 rings (SSSR count). The van der Waals surface area contributed by atoms with E-state index < -0.39 is 0 Å². The average Bonchev–Trinajstić information content (AvgIpc) is 2.89. The van der Waals surface area contributed by atoms with Gasteiger partial charge in [0.1, 0.15) is 0 Å². The maximum absolute atomic E-state index is 10.3. The summed E-state index contributed by atoms with van der Waals surface area (Å²) in [6, 6.07) is 8.54. The Labute approximate surface area is 111 Å². The van der Waals surface area contributed by atoms with Crippen molar-refractivity contribution in [1.29, 1.82) is 0 Å². The van der Waals surface area contributed by atoms with Crippen molar-refractivity contribution in [2.24, 2.45) is 5.92 Å². The molecule has 1 fully saturated rings. The summed E-state index contributed by atoms with van der Waals surface area (Å²) in [6.07, 6.45) is 4.81. The minimum absolute atomic E-state index is 0.173. The van der Waals surface area contributed by atoms with Crippen molar-refractivity contribution in [1.82, 2.24) is 0 Å². The standard InChI is InChI=1S/C16H25NO/c1-3-17(15-10-6-7-13(2)11-15)12-16(18)14-8-4-5-9-14/h6-7,10-11,14,16,18H,3-5,8-9,12H2,1-2H3. The van der Waals surface area contributed by atoms with Crippen LogP contribution in [-0.4, -0.2) is 24.3 Å². The summed E-state index contributed by atoms with van der Waals surface area (Å²) in [5, 5.41) is 10.3. The molecule has 0 amide bonds. The van der Waals surface area contributed by atoms with E-state index in [-0.39, 0.29) is 6.10 Å². The Morgan fingerprint density at radius 2 is 2.06 bits per heavy atom. The molecular weight excluding hydrogens is 222 g/mol. The molecule has 1 aliphatic rings. The number of anilines is 1. The highest BCUT2D eigenvalue weighted by molar-refractivity contribution is 5.48. The number of hydrogen-bond donors (Lipinski definition) is 1. The third-order valence-electron chi connectivity index (χ3n) is 4.10. The lowest BCUT2D eigenvalue weighted by Crippen LogP contribution is -2.36. The molecule has 18 heavy (non-hydrogen) atoms. The van der Waals surface area contributed by atoms with E-state index in [2.05, 4.69) is 43.0 Å². The normalized spacial score (nSPS) is 17.9. The van der Waals surface area contributed by atoms with Gasteiger partial charge >= 0.3 is 0 Å². The highest BCUT2D eigenvalue weighted by Gasteiger charge is 2.24. The summed E-state index contributed by atoms with van der Waals surface area (Å²) in [4.78, 5) is 2.29. The van der Waals surface area contributed by atoms with Crippen molar-refractivity contribution >= 4 is 5.69 Å². The van der Waals surface area contributed by atoms with Gasteiger partial charge in [0.2, 0.25) is 0 Å². The molecule has 2 heteroatoms. The van der Waals surface area contributed by atoms with Crippen LogP contribution in [0.3, 0.4) is 0 Å². The van der Waals surface area contributed by atoms with E-state index in [1.54, 1.807) is 0 Å². The monoisotopic (exact) mass is 247 g/mol. The van der Waals surface area contributed by atoms with Gasteiger partial charge in [0.15, 0.2) is 0 Å². The fourth-order valence-electron chi connectivity index (χ4n) is 2.96. The van der Waals surface area contributed by atoms with E-state index in [1.165, 1.54) is 36.9 Å². The zero-order valence-corrected chi connectivity index (χ0v) is 11.6. The maximum atomic E-state index is 10.3. The van der Waals surface area contributed by atoms with Crippen molar-refractivity contribution in [2.45, 2.75) is 45.6 Å². The molecule has 1 aromatic rings. The molecule has 1 saturated carbocycles. The Hall–Kier alpha value is -1.02. The fraction of sp³-hybridized carbons (Fsp3) is 0.625. The second-order valence-electron chi connectivity index (χ2n) is 5.49. The molecular formula is C16H25NO. The lowest BCUT2D eigenvalue weighted by molar-refractivity contribution is 0.116. The first-order chi connectivity index (χ1) is 8.70. The number of hydrogen-bond acceptors (Lipinski definition) is 2. The molecule has 1 N–H and O–H groups in total. The highest BCUT2D eigenvalue weighted by Crippen LogP contribution is 2.28. The van der Waals surface area contributed by atoms with Gasteiger partial charge in [0, 0.05) is 18.8 Å². The summed E-state index contributed by atoms with van der Waals surface area (Å²) >= 11 is 0. The van der Waals surface area contributed by atoms with E-state index >= 15 is 0 Å². The summed E-state index contributed by atoms with van der Waals surface area (Å²) in [6.45, 7) is 5.99. The number of likely N-dealkylation sites (N-methyl/N-ethyl adjacent to an activating group) is 1. The predicted molar refractivity (Wildman–Crippen MR) is 77.0 cm³/mol. The molecule has 0 aromatic heterocycles. The first-order valence-electron chi connectivity index (χ1n) is 7.20. The van der Waals surface area contributed by atoms with E-state index in [4.69, 9.17) is 0 Å². The van der Waals surface area contributed by atoms with Crippen molar-refractivity contribution in [3.63, 3.8) is 0 Å². The summed E-state index contributed by atoms with van der Waals surface area (Å²) in [5.74, 6) is 0.517. The molecule has 100 valence electrons. The third kappa shape index (κ3) is 3.26. The number of aliphatic hydroxyl groups excluding tert-OH is 1. The van der Waals surface area contributed by atoms with Crippen LogP contribution in [-0.2, 0) is 0 Å². The summed E-state index contributed by atoms with van der Waals surface area (Å²) in [5.41, 5.74) is 2.51. The number of benzene rings is 1. The first-order valence-corrected chi connectivity index (χ1v) is 7.20. The van der Waals surface area contributed by atoms with E-state index in [0.29, 0.717) is 5.92 Å². The minimum Gasteiger partial charge on any atom is -0.391 e. The van der Waals surface area contributed by atoms with Crippen LogP contribution in [0, 0.1) is 12.8 Å². The van der Waals surface area contributed by atoms with Gasteiger partial charge in [-0.2, -0.15) is 0 Å². The van der Waals surface area contributed by atoms with Gasteiger partial charge in [-0.1, -0.05) is 25.0 Å². The van der Waals surface area contributed by atoms with Gasteiger partial charge in [-0.3, -0.25) is 0 Å². The Morgan fingerprint density at radius 1 is 1.33 bits per heavy atom. The average molecular weight is 247 g/mol. The van der Waals surface area contributed by atoms with Crippen LogP contribution in [0.15, 0.2) is 24.3 Å². The third-order valence-corrected chi connectivity index (χ3v) is 4.10. The lowest BCUT2D eigenvalue weighted by Gasteiger charge is -2.28. The van der Waals surface area contributed by atoms with Crippen LogP contribution in [0.2, 0.25) is 0 Å². The van der Waals surface area contributed by atoms with Crippen LogP contribution in [0.1, 0.15) is 38.2 Å². The van der Waals surface area contributed by atoms with Crippen LogP contribution in [0.25, 0.3) is 0 Å². The molecule has 0 saturated heterocycles. The summed E-state index contributed by atoms with van der Waals surface area (Å²) < 4.78 is 0. The number of aliphatic hydroxyl groups is 1. The molecule has 2 nitrogen and oxygen atoms in total. The smallest absolute Gasteiger partial charge is 0.0743 e. The number of nitrogens with zero attached hydrogens (tertiary/aromatic N) is 1. The van der Waals surface area contributed by atoms with Gasteiger partial charge in [-0.05, 0) is 50.3 Å². The molecule has 0 spiro atoms. The molecule has 1 aromatic carbocycles. The van der Waals surface area contributed by atoms with E-state index in [0.717, 1.165) is 13.1 Å². The van der Waals surface area contributed by atoms with Gasteiger partial charge < -0.3 is 10.0 Å². The van der Waals surface area contributed by atoms with Crippen molar-refractivity contribution < 1.29 is 5.11 Å². The van der Waals surface area contributed by atoms with Crippen LogP contribution >= 0.6 is 0 Å².